The van der Waals surface area contributed by atoms with E-state index in [4.69, 9.17) is 9.84 Å². The van der Waals surface area contributed by atoms with Crippen molar-refractivity contribution in [2.45, 2.75) is 70.5 Å². The summed E-state index contributed by atoms with van der Waals surface area (Å²) in [5.41, 5.74) is 1.64. The number of unbranched alkanes of at least 4 members (excludes halogenated alkanes) is 7. The molecule has 1 atom stereocenters. The summed E-state index contributed by atoms with van der Waals surface area (Å²) in [4.78, 5) is 11.1. The Kier molecular flexibility index (Phi) is 8.87. The standard InChI is InChI=1S/C27H35NO7/c1-2-3-4-5-6-7-8-9-10-18-11-12-19-14-24(28-17-25(31)32)27(34,35-23(19)13-18)20-15-21(29)26(33)22(30)16-20/h11-16,28-30,33-34H,2-10,17H2,1H3,(H,31,32). The Balaban J connectivity index is 1.77. The topological polar surface area (TPSA) is 139 Å². The Morgan fingerprint density at radius 1 is 0.943 bits per heavy atom. The summed E-state index contributed by atoms with van der Waals surface area (Å²) in [6.07, 6.45) is 12.2. The normalized spacial score (nSPS) is 16.8. The van der Waals surface area contributed by atoms with Crippen LogP contribution in [0.1, 0.15) is 75.0 Å². The summed E-state index contributed by atoms with van der Waals surface area (Å²) < 4.78 is 5.95. The highest BCUT2D eigenvalue weighted by atomic mass is 16.6. The Morgan fingerprint density at radius 3 is 2.20 bits per heavy atom. The van der Waals surface area contributed by atoms with Crippen molar-refractivity contribution in [3.05, 3.63) is 52.7 Å². The number of benzene rings is 2. The molecule has 0 spiro atoms. The minimum atomic E-state index is -2.22. The molecule has 0 amide bonds. The minimum absolute atomic E-state index is 0.0210. The van der Waals surface area contributed by atoms with Gasteiger partial charge in [0.25, 0.3) is 5.79 Å². The molecule has 190 valence electrons. The highest BCUT2D eigenvalue weighted by Gasteiger charge is 2.41. The molecule has 8 nitrogen and oxygen atoms in total. The molecule has 2 aromatic rings. The van der Waals surface area contributed by atoms with E-state index in [2.05, 4.69) is 12.2 Å². The number of carbonyl (C=O) groups is 1. The van der Waals surface area contributed by atoms with Gasteiger partial charge in [-0.2, -0.15) is 0 Å². The first-order valence-corrected chi connectivity index (χ1v) is 12.2. The van der Waals surface area contributed by atoms with Crippen LogP contribution < -0.4 is 10.1 Å². The van der Waals surface area contributed by atoms with Crippen LogP contribution in [0.2, 0.25) is 0 Å². The zero-order chi connectivity index (χ0) is 25.4. The van der Waals surface area contributed by atoms with Crippen molar-refractivity contribution in [3.8, 4) is 23.0 Å². The maximum Gasteiger partial charge on any atom is 0.322 e. The largest absolute Gasteiger partial charge is 0.504 e. The summed E-state index contributed by atoms with van der Waals surface area (Å²) >= 11 is 0. The van der Waals surface area contributed by atoms with Crippen LogP contribution in [-0.2, 0) is 17.0 Å². The van der Waals surface area contributed by atoms with Crippen LogP contribution in [0.25, 0.3) is 6.08 Å². The zero-order valence-corrected chi connectivity index (χ0v) is 20.1. The predicted octanol–water partition coefficient (Wildman–Crippen LogP) is 4.74. The van der Waals surface area contributed by atoms with E-state index in [1.165, 1.54) is 38.5 Å². The quantitative estimate of drug-likeness (QED) is 0.177. The number of rotatable bonds is 13. The lowest BCUT2D eigenvalue weighted by Crippen LogP contribution is -2.43. The van der Waals surface area contributed by atoms with Crippen LogP contribution in [-0.4, -0.2) is 38.0 Å². The van der Waals surface area contributed by atoms with Crippen molar-refractivity contribution < 1.29 is 35.1 Å². The van der Waals surface area contributed by atoms with E-state index in [1.54, 1.807) is 6.08 Å². The third-order valence-corrected chi connectivity index (χ3v) is 6.21. The summed E-state index contributed by atoms with van der Waals surface area (Å²) in [6, 6.07) is 7.79. The molecule has 6 N–H and O–H groups in total. The first-order chi connectivity index (χ1) is 16.7. The van der Waals surface area contributed by atoms with Crippen LogP contribution in [0, 0.1) is 0 Å². The highest BCUT2D eigenvalue weighted by Crippen LogP contribution is 2.44. The molecule has 0 bridgehead atoms. The van der Waals surface area contributed by atoms with E-state index in [9.17, 15) is 25.2 Å². The number of aliphatic carboxylic acids is 1. The average Bonchev–Trinajstić information content (AvgIpc) is 2.82. The molecule has 8 heteroatoms. The van der Waals surface area contributed by atoms with Gasteiger partial charge in [0.05, 0.1) is 5.70 Å². The summed E-state index contributed by atoms with van der Waals surface area (Å²) in [6.45, 7) is 1.73. The third kappa shape index (κ3) is 6.60. The van der Waals surface area contributed by atoms with Gasteiger partial charge in [-0.25, -0.2) is 0 Å². The number of fused-ring (bicyclic) bond motifs is 1. The number of carboxylic acid groups (broad SMARTS) is 1. The molecule has 0 radical (unpaired) electrons. The van der Waals surface area contributed by atoms with E-state index in [-0.39, 0.29) is 11.3 Å². The van der Waals surface area contributed by atoms with E-state index < -0.39 is 35.5 Å². The van der Waals surface area contributed by atoms with Gasteiger partial charge in [-0.15, -0.1) is 0 Å². The predicted molar refractivity (Wildman–Crippen MR) is 132 cm³/mol. The number of nitrogens with one attached hydrogen (secondary N) is 1. The van der Waals surface area contributed by atoms with Gasteiger partial charge in [0.15, 0.2) is 17.2 Å². The second-order valence-corrected chi connectivity index (χ2v) is 9.01. The molecule has 0 aliphatic carbocycles. The van der Waals surface area contributed by atoms with E-state index in [0.29, 0.717) is 11.3 Å². The van der Waals surface area contributed by atoms with Crippen molar-refractivity contribution >= 4 is 12.0 Å². The third-order valence-electron chi connectivity index (χ3n) is 6.21. The molecule has 1 heterocycles. The number of aliphatic hydroxyl groups is 1. The van der Waals surface area contributed by atoms with Gasteiger partial charge in [-0.1, -0.05) is 64.0 Å². The van der Waals surface area contributed by atoms with Gasteiger partial charge in [0.2, 0.25) is 0 Å². The fourth-order valence-corrected chi connectivity index (χ4v) is 4.23. The fraction of sp³-hybridized carbons (Fsp3) is 0.444. The monoisotopic (exact) mass is 485 g/mol. The average molecular weight is 486 g/mol. The lowest BCUT2D eigenvalue weighted by molar-refractivity contribution is -0.137. The molecule has 0 saturated heterocycles. The molecule has 2 aromatic carbocycles. The zero-order valence-electron chi connectivity index (χ0n) is 20.1. The van der Waals surface area contributed by atoms with E-state index in [1.807, 2.05) is 18.2 Å². The molecule has 0 saturated carbocycles. The second kappa shape index (κ2) is 11.8. The van der Waals surface area contributed by atoms with Gasteiger partial charge in [0.1, 0.15) is 12.3 Å². The lowest BCUT2D eigenvalue weighted by Gasteiger charge is -2.36. The van der Waals surface area contributed by atoms with Crippen LogP contribution in [0.4, 0.5) is 0 Å². The van der Waals surface area contributed by atoms with Gasteiger partial charge >= 0.3 is 5.97 Å². The summed E-state index contributed by atoms with van der Waals surface area (Å²) in [7, 11) is 0. The number of ether oxygens (including phenoxy) is 1. The number of hydrogen-bond acceptors (Lipinski definition) is 7. The van der Waals surface area contributed by atoms with Crippen LogP contribution in [0.15, 0.2) is 36.0 Å². The Hall–Kier alpha value is -3.39. The van der Waals surface area contributed by atoms with Gasteiger partial charge in [-0.05, 0) is 42.7 Å². The molecule has 0 aromatic heterocycles. The number of aryl methyl sites for hydroxylation is 1. The van der Waals surface area contributed by atoms with Gasteiger partial charge in [0, 0.05) is 11.1 Å². The summed E-state index contributed by atoms with van der Waals surface area (Å²) in [5, 5.41) is 52.8. The van der Waals surface area contributed by atoms with E-state index in [0.717, 1.165) is 37.0 Å². The minimum Gasteiger partial charge on any atom is -0.504 e. The molecule has 0 fully saturated rings. The summed E-state index contributed by atoms with van der Waals surface area (Å²) in [5.74, 6) is -5.01. The van der Waals surface area contributed by atoms with Crippen LogP contribution in [0.5, 0.6) is 23.0 Å². The molecule has 35 heavy (non-hydrogen) atoms. The Bertz CT molecular complexity index is 1040. The fourth-order valence-electron chi connectivity index (χ4n) is 4.23. The second-order valence-electron chi connectivity index (χ2n) is 9.01. The van der Waals surface area contributed by atoms with Crippen LogP contribution in [0.3, 0.4) is 0 Å². The molecular weight excluding hydrogens is 450 g/mol. The number of hydrogen-bond donors (Lipinski definition) is 6. The van der Waals surface area contributed by atoms with Crippen molar-refractivity contribution in [2.24, 2.45) is 0 Å². The molecule has 1 unspecified atom stereocenters. The van der Waals surface area contributed by atoms with E-state index >= 15 is 0 Å². The molecule has 1 aliphatic heterocycles. The van der Waals surface area contributed by atoms with Crippen molar-refractivity contribution in [1.29, 1.82) is 0 Å². The maximum absolute atomic E-state index is 11.5. The van der Waals surface area contributed by atoms with Gasteiger partial charge < -0.3 is 35.6 Å². The number of phenolic OH excluding ortho intramolecular Hbond substituents is 3. The number of carboxylic acids is 1. The van der Waals surface area contributed by atoms with Crippen molar-refractivity contribution in [3.63, 3.8) is 0 Å². The SMILES string of the molecule is CCCCCCCCCCc1ccc2c(c1)OC(O)(c1cc(O)c(O)c(O)c1)C(NCC(=O)O)=C2. The Morgan fingerprint density at radius 2 is 1.57 bits per heavy atom. The lowest BCUT2D eigenvalue weighted by atomic mass is 9.95. The molecule has 3 rings (SSSR count). The van der Waals surface area contributed by atoms with Crippen molar-refractivity contribution in [2.75, 3.05) is 6.54 Å². The Labute approximate surface area is 205 Å². The number of aromatic hydroxyl groups is 3. The number of phenols is 3. The highest BCUT2D eigenvalue weighted by molar-refractivity contribution is 5.71. The smallest absolute Gasteiger partial charge is 0.322 e. The van der Waals surface area contributed by atoms with Crippen molar-refractivity contribution in [1.82, 2.24) is 5.32 Å². The maximum atomic E-state index is 11.5. The first-order valence-electron chi connectivity index (χ1n) is 12.2. The molecule has 1 aliphatic rings. The first kappa shape index (κ1) is 26.2. The van der Waals surface area contributed by atoms with Crippen LogP contribution >= 0.6 is 0 Å². The molecular formula is C27H35NO7. The van der Waals surface area contributed by atoms with Gasteiger partial charge in [-0.3, -0.25) is 4.79 Å².